The van der Waals surface area contributed by atoms with Crippen LogP contribution in [0.25, 0.3) is 0 Å². The third kappa shape index (κ3) is 4.50. The Morgan fingerprint density at radius 2 is 2.17 bits per heavy atom. The van der Waals surface area contributed by atoms with Gasteiger partial charge in [-0.3, -0.25) is 14.9 Å². The van der Waals surface area contributed by atoms with Gasteiger partial charge in [-0.15, -0.1) is 0 Å². The van der Waals surface area contributed by atoms with E-state index in [9.17, 15) is 4.79 Å². The van der Waals surface area contributed by atoms with Gasteiger partial charge in [0, 0.05) is 32.0 Å². The second kappa shape index (κ2) is 7.85. The van der Waals surface area contributed by atoms with E-state index in [1.165, 1.54) is 0 Å². The molecule has 1 fully saturated rings. The summed E-state index contributed by atoms with van der Waals surface area (Å²) in [5.74, 6) is -0.428. The monoisotopic (exact) mass is 329 g/mol. The molecule has 1 atom stereocenters. The van der Waals surface area contributed by atoms with Gasteiger partial charge in [-0.25, -0.2) is 4.79 Å². The molecule has 2 aromatic rings. The molecule has 126 valence electrons. The third-order valence-electron chi connectivity index (χ3n) is 3.76. The fourth-order valence-electron chi connectivity index (χ4n) is 2.60. The first kappa shape index (κ1) is 16.4. The van der Waals surface area contributed by atoms with Crippen molar-refractivity contribution in [1.82, 2.24) is 14.9 Å². The van der Waals surface area contributed by atoms with E-state index in [0.29, 0.717) is 12.4 Å². The lowest BCUT2D eigenvalue weighted by molar-refractivity contribution is -0.139. The minimum absolute atomic E-state index is 0.0642. The zero-order valence-corrected chi connectivity index (χ0v) is 13.2. The summed E-state index contributed by atoms with van der Waals surface area (Å²) in [7, 11) is 0. The zero-order valence-electron chi connectivity index (χ0n) is 13.2. The number of aliphatic carboxylic acids is 1. The molecule has 1 aromatic heterocycles. The standard InChI is InChI=1S/C17H19N3O4/c21-17(22)12-24-14-3-1-13(2-4-14)10-20-7-8-23-16(11-20)15-9-18-5-6-19-15/h1-6,9,16H,7-8,10-12H2,(H,21,22)/t16-/m0/s1. The van der Waals surface area contributed by atoms with E-state index in [4.69, 9.17) is 14.6 Å². The van der Waals surface area contributed by atoms with Crippen LogP contribution in [0.2, 0.25) is 0 Å². The second-order valence-corrected chi connectivity index (χ2v) is 5.55. The van der Waals surface area contributed by atoms with Crippen molar-refractivity contribution >= 4 is 5.97 Å². The maximum atomic E-state index is 10.5. The number of morpholine rings is 1. The molecule has 1 aliphatic rings. The maximum Gasteiger partial charge on any atom is 0.341 e. The molecule has 7 nitrogen and oxygen atoms in total. The van der Waals surface area contributed by atoms with Crippen LogP contribution in [-0.4, -0.2) is 52.2 Å². The van der Waals surface area contributed by atoms with E-state index < -0.39 is 5.97 Å². The van der Waals surface area contributed by atoms with Crippen molar-refractivity contribution in [3.05, 3.63) is 54.1 Å². The Kier molecular flexibility index (Phi) is 5.35. The molecule has 1 N–H and O–H groups in total. The van der Waals surface area contributed by atoms with Crippen LogP contribution in [0, 0.1) is 0 Å². The molecule has 24 heavy (non-hydrogen) atoms. The number of carbonyl (C=O) groups is 1. The van der Waals surface area contributed by atoms with Crippen LogP contribution in [-0.2, 0) is 16.1 Å². The normalized spacial score (nSPS) is 18.2. The lowest BCUT2D eigenvalue weighted by atomic mass is 10.1. The van der Waals surface area contributed by atoms with Crippen molar-refractivity contribution in [3.8, 4) is 5.75 Å². The van der Waals surface area contributed by atoms with E-state index in [2.05, 4.69) is 14.9 Å². The van der Waals surface area contributed by atoms with E-state index >= 15 is 0 Å². The number of benzene rings is 1. The molecule has 7 heteroatoms. The minimum atomic E-state index is -0.984. The van der Waals surface area contributed by atoms with Gasteiger partial charge in [-0.1, -0.05) is 12.1 Å². The maximum absolute atomic E-state index is 10.5. The van der Waals surface area contributed by atoms with E-state index in [-0.39, 0.29) is 12.7 Å². The van der Waals surface area contributed by atoms with Crippen LogP contribution in [0.4, 0.5) is 0 Å². The van der Waals surface area contributed by atoms with Crippen LogP contribution in [0.5, 0.6) is 5.75 Å². The molecule has 0 unspecified atom stereocenters. The van der Waals surface area contributed by atoms with Gasteiger partial charge < -0.3 is 14.6 Å². The summed E-state index contributed by atoms with van der Waals surface area (Å²) in [4.78, 5) is 21.2. The van der Waals surface area contributed by atoms with Crippen LogP contribution in [0.1, 0.15) is 17.4 Å². The van der Waals surface area contributed by atoms with Gasteiger partial charge in [0.25, 0.3) is 0 Å². The summed E-state index contributed by atoms with van der Waals surface area (Å²) in [5, 5.41) is 8.61. The number of hydrogen-bond acceptors (Lipinski definition) is 6. The molecule has 0 bridgehead atoms. The molecule has 2 heterocycles. The first-order valence-electron chi connectivity index (χ1n) is 7.74. The average Bonchev–Trinajstić information content (AvgIpc) is 2.62. The van der Waals surface area contributed by atoms with E-state index in [1.54, 1.807) is 30.7 Å². The van der Waals surface area contributed by atoms with Crippen molar-refractivity contribution in [2.75, 3.05) is 26.3 Å². The third-order valence-corrected chi connectivity index (χ3v) is 3.76. The Bertz CT molecular complexity index is 663. The van der Waals surface area contributed by atoms with Crippen molar-refractivity contribution < 1.29 is 19.4 Å². The Morgan fingerprint density at radius 3 is 2.88 bits per heavy atom. The molecule has 1 aliphatic heterocycles. The van der Waals surface area contributed by atoms with Gasteiger partial charge in [0.2, 0.25) is 0 Å². The molecule has 0 amide bonds. The molecule has 0 spiro atoms. The highest BCUT2D eigenvalue weighted by atomic mass is 16.5. The summed E-state index contributed by atoms with van der Waals surface area (Å²) in [6.07, 6.45) is 5.00. The number of aromatic nitrogens is 2. The van der Waals surface area contributed by atoms with Crippen molar-refractivity contribution in [3.63, 3.8) is 0 Å². The molecule has 0 aliphatic carbocycles. The first-order chi connectivity index (χ1) is 11.7. The Labute approximate surface area is 139 Å². The number of ether oxygens (including phenoxy) is 2. The highest BCUT2D eigenvalue weighted by Crippen LogP contribution is 2.21. The SMILES string of the molecule is O=C(O)COc1ccc(CN2CCO[C@H](c3cnccn3)C2)cc1. The predicted octanol–water partition coefficient (Wildman–Crippen LogP) is 1.51. The summed E-state index contributed by atoms with van der Waals surface area (Å²) in [6.45, 7) is 2.73. The van der Waals surface area contributed by atoms with E-state index in [1.807, 2.05) is 12.1 Å². The molecule has 1 saturated heterocycles. The van der Waals surface area contributed by atoms with Gasteiger partial charge in [0.15, 0.2) is 6.61 Å². The van der Waals surface area contributed by atoms with Crippen LogP contribution < -0.4 is 4.74 Å². The lowest BCUT2D eigenvalue weighted by Gasteiger charge is -2.32. The van der Waals surface area contributed by atoms with Crippen LogP contribution >= 0.6 is 0 Å². The first-order valence-corrected chi connectivity index (χ1v) is 7.74. The summed E-state index contributed by atoms with van der Waals surface area (Å²) >= 11 is 0. The highest BCUT2D eigenvalue weighted by Gasteiger charge is 2.23. The van der Waals surface area contributed by atoms with Gasteiger partial charge in [0.1, 0.15) is 11.9 Å². The molecule has 0 radical (unpaired) electrons. The number of carboxylic acids is 1. The molecular formula is C17H19N3O4. The second-order valence-electron chi connectivity index (χ2n) is 5.55. The lowest BCUT2D eigenvalue weighted by Crippen LogP contribution is -2.38. The molecule has 1 aromatic carbocycles. The van der Waals surface area contributed by atoms with Gasteiger partial charge in [0.05, 0.1) is 18.5 Å². The minimum Gasteiger partial charge on any atom is -0.482 e. The van der Waals surface area contributed by atoms with Crippen molar-refractivity contribution in [2.45, 2.75) is 12.6 Å². The van der Waals surface area contributed by atoms with Crippen LogP contribution in [0.3, 0.4) is 0 Å². The van der Waals surface area contributed by atoms with E-state index in [0.717, 1.165) is 30.9 Å². The van der Waals surface area contributed by atoms with Gasteiger partial charge in [-0.2, -0.15) is 0 Å². The number of carboxylic acid groups (broad SMARTS) is 1. The smallest absolute Gasteiger partial charge is 0.341 e. The molecular weight excluding hydrogens is 310 g/mol. The van der Waals surface area contributed by atoms with Gasteiger partial charge >= 0.3 is 5.97 Å². The van der Waals surface area contributed by atoms with Crippen molar-refractivity contribution in [2.24, 2.45) is 0 Å². The quantitative estimate of drug-likeness (QED) is 0.860. The number of hydrogen-bond donors (Lipinski definition) is 1. The molecule has 0 saturated carbocycles. The zero-order chi connectivity index (χ0) is 16.8. The predicted molar refractivity (Wildman–Crippen MR) is 85.6 cm³/mol. The topological polar surface area (TPSA) is 84.8 Å². The van der Waals surface area contributed by atoms with Crippen molar-refractivity contribution in [1.29, 1.82) is 0 Å². The Hall–Kier alpha value is -2.51. The highest BCUT2D eigenvalue weighted by molar-refractivity contribution is 5.68. The summed E-state index contributed by atoms with van der Waals surface area (Å²) in [6, 6.07) is 7.48. The Morgan fingerprint density at radius 1 is 1.33 bits per heavy atom. The summed E-state index contributed by atoms with van der Waals surface area (Å²) < 4.78 is 10.9. The van der Waals surface area contributed by atoms with Gasteiger partial charge in [-0.05, 0) is 17.7 Å². The largest absolute Gasteiger partial charge is 0.482 e. The Balaban J connectivity index is 1.56. The number of rotatable bonds is 6. The molecule has 3 rings (SSSR count). The fraction of sp³-hybridized carbons (Fsp3) is 0.353. The number of nitrogens with zero attached hydrogens (tertiary/aromatic N) is 3. The van der Waals surface area contributed by atoms with Crippen LogP contribution in [0.15, 0.2) is 42.9 Å². The fourth-order valence-corrected chi connectivity index (χ4v) is 2.60. The summed E-state index contributed by atoms with van der Waals surface area (Å²) in [5.41, 5.74) is 1.98. The average molecular weight is 329 g/mol.